The van der Waals surface area contributed by atoms with E-state index in [-0.39, 0.29) is 6.61 Å². The number of hydrogen-bond acceptors (Lipinski definition) is 6. The lowest BCUT2D eigenvalue weighted by Crippen LogP contribution is -2.32. The molecule has 1 heterocycles. The van der Waals surface area contributed by atoms with Gasteiger partial charge in [0.15, 0.2) is 0 Å². The van der Waals surface area contributed by atoms with Gasteiger partial charge in [0.05, 0.1) is 18.4 Å². The first-order chi connectivity index (χ1) is 14.4. The number of carbonyl (C=O) groups is 3. The second-order valence-corrected chi connectivity index (χ2v) is 8.91. The van der Waals surface area contributed by atoms with Gasteiger partial charge in [-0.3, -0.25) is 9.59 Å². The number of hydrazone groups is 1. The second kappa shape index (κ2) is 9.99. The van der Waals surface area contributed by atoms with E-state index in [9.17, 15) is 14.4 Å². The summed E-state index contributed by atoms with van der Waals surface area (Å²) in [5.41, 5.74) is 4.24. The van der Waals surface area contributed by atoms with Gasteiger partial charge in [0.2, 0.25) is 0 Å². The summed E-state index contributed by atoms with van der Waals surface area (Å²) in [6.45, 7) is 4.12. The molecule has 7 nitrogen and oxygen atoms in total. The van der Waals surface area contributed by atoms with Gasteiger partial charge in [-0.2, -0.15) is 5.10 Å². The highest BCUT2D eigenvalue weighted by atomic mass is 79.9. The van der Waals surface area contributed by atoms with Crippen LogP contribution in [0.1, 0.15) is 46.6 Å². The van der Waals surface area contributed by atoms with Crippen molar-refractivity contribution in [2.24, 2.45) is 11.0 Å². The molecule has 158 valence electrons. The molecular weight excluding hydrogens is 470 g/mol. The van der Waals surface area contributed by atoms with Gasteiger partial charge >= 0.3 is 17.8 Å². The number of benzene rings is 1. The van der Waals surface area contributed by atoms with Crippen LogP contribution in [0.4, 0.5) is 5.00 Å². The Morgan fingerprint density at radius 2 is 2.07 bits per heavy atom. The van der Waals surface area contributed by atoms with Crippen molar-refractivity contribution >= 4 is 56.3 Å². The first kappa shape index (κ1) is 22.2. The average Bonchev–Trinajstić information content (AvgIpc) is 3.06. The van der Waals surface area contributed by atoms with E-state index in [0.717, 1.165) is 39.7 Å². The highest BCUT2D eigenvalue weighted by molar-refractivity contribution is 9.10. The molecule has 0 spiro atoms. The van der Waals surface area contributed by atoms with Crippen molar-refractivity contribution in [2.75, 3.05) is 11.9 Å². The molecule has 3 rings (SSSR count). The van der Waals surface area contributed by atoms with Crippen molar-refractivity contribution in [1.82, 2.24) is 5.43 Å². The van der Waals surface area contributed by atoms with Crippen molar-refractivity contribution in [3.63, 3.8) is 0 Å². The summed E-state index contributed by atoms with van der Waals surface area (Å²) < 4.78 is 5.99. The molecule has 1 atom stereocenters. The van der Waals surface area contributed by atoms with E-state index in [2.05, 4.69) is 38.7 Å². The molecule has 2 amide bonds. The summed E-state index contributed by atoms with van der Waals surface area (Å²) >= 11 is 4.71. The van der Waals surface area contributed by atoms with Crippen LogP contribution in [0.25, 0.3) is 0 Å². The second-order valence-electron chi connectivity index (χ2n) is 6.95. The quantitative estimate of drug-likeness (QED) is 0.286. The molecule has 1 aromatic heterocycles. The number of anilines is 1. The van der Waals surface area contributed by atoms with Crippen molar-refractivity contribution in [3.05, 3.63) is 50.3 Å². The van der Waals surface area contributed by atoms with Crippen LogP contribution in [0.3, 0.4) is 0 Å². The molecule has 0 saturated carbocycles. The minimum absolute atomic E-state index is 0.234. The zero-order valence-corrected chi connectivity index (χ0v) is 19.1. The van der Waals surface area contributed by atoms with E-state index in [1.807, 2.05) is 24.3 Å². The minimum Gasteiger partial charge on any atom is -0.462 e. The molecule has 0 saturated heterocycles. The maximum absolute atomic E-state index is 12.5. The van der Waals surface area contributed by atoms with Gasteiger partial charge < -0.3 is 10.1 Å². The smallest absolute Gasteiger partial charge is 0.341 e. The van der Waals surface area contributed by atoms with Crippen LogP contribution in [-0.2, 0) is 27.2 Å². The third-order valence-corrected chi connectivity index (χ3v) is 6.59. The molecule has 0 bridgehead atoms. The Bertz CT molecular complexity index is 1000. The van der Waals surface area contributed by atoms with Gasteiger partial charge in [-0.25, -0.2) is 10.2 Å². The number of carbonyl (C=O) groups excluding carboxylic acids is 3. The molecule has 1 aliphatic carbocycles. The molecular formula is C21H22BrN3O4S. The largest absolute Gasteiger partial charge is 0.462 e. The van der Waals surface area contributed by atoms with Crippen LogP contribution < -0.4 is 10.7 Å². The minimum atomic E-state index is -0.923. The Balaban J connectivity index is 1.73. The lowest BCUT2D eigenvalue weighted by atomic mass is 9.88. The SMILES string of the molecule is CCOC(=O)c1c(NC(=O)C(=O)N/N=C\c2ccccc2Br)sc2c1CC[C@@H](C)C2. The summed E-state index contributed by atoms with van der Waals surface area (Å²) in [6.07, 6.45) is 3.99. The van der Waals surface area contributed by atoms with Crippen LogP contribution in [-0.4, -0.2) is 30.6 Å². The maximum Gasteiger partial charge on any atom is 0.341 e. The fourth-order valence-electron chi connectivity index (χ4n) is 3.21. The fourth-order valence-corrected chi connectivity index (χ4v) is 4.99. The molecule has 0 fully saturated rings. The first-order valence-corrected chi connectivity index (χ1v) is 11.2. The van der Waals surface area contributed by atoms with E-state index < -0.39 is 17.8 Å². The molecule has 1 aliphatic rings. The first-order valence-electron chi connectivity index (χ1n) is 9.61. The van der Waals surface area contributed by atoms with Crippen LogP contribution in [0.2, 0.25) is 0 Å². The monoisotopic (exact) mass is 491 g/mol. The van der Waals surface area contributed by atoms with E-state index in [1.165, 1.54) is 17.6 Å². The van der Waals surface area contributed by atoms with Crippen molar-refractivity contribution in [3.8, 4) is 0 Å². The van der Waals surface area contributed by atoms with Gasteiger partial charge in [0.1, 0.15) is 5.00 Å². The number of nitrogens with zero attached hydrogens (tertiary/aromatic N) is 1. The summed E-state index contributed by atoms with van der Waals surface area (Å²) in [5, 5.41) is 6.74. The van der Waals surface area contributed by atoms with Gasteiger partial charge in [0, 0.05) is 14.9 Å². The van der Waals surface area contributed by atoms with Gasteiger partial charge in [-0.1, -0.05) is 41.1 Å². The molecule has 2 aromatic rings. The average molecular weight is 492 g/mol. The van der Waals surface area contributed by atoms with Gasteiger partial charge in [0.25, 0.3) is 0 Å². The third-order valence-electron chi connectivity index (χ3n) is 4.70. The lowest BCUT2D eigenvalue weighted by Gasteiger charge is -2.18. The number of esters is 1. The lowest BCUT2D eigenvalue weighted by molar-refractivity contribution is -0.136. The Labute approximate surface area is 187 Å². The normalized spacial score (nSPS) is 15.5. The number of halogens is 1. The van der Waals surface area contributed by atoms with Crippen LogP contribution in [0.15, 0.2) is 33.8 Å². The van der Waals surface area contributed by atoms with E-state index in [1.54, 1.807) is 6.92 Å². The van der Waals surface area contributed by atoms with Gasteiger partial charge in [-0.05, 0) is 43.7 Å². The molecule has 1 aromatic carbocycles. The van der Waals surface area contributed by atoms with Crippen molar-refractivity contribution < 1.29 is 19.1 Å². The van der Waals surface area contributed by atoms with Gasteiger partial charge in [-0.15, -0.1) is 11.3 Å². The number of ether oxygens (including phenoxy) is 1. The van der Waals surface area contributed by atoms with Crippen LogP contribution in [0.5, 0.6) is 0 Å². The zero-order valence-electron chi connectivity index (χ0n) is 16.7. The zero-order chi connectivity index (χ0) is 21.7. The molecule has 30 heavy (non-hydrogen) atoms. The summed E-state index contributed by atoms with van der Waals surface area (Å²) in [5.74, 6) is -1.79. The van der Waals surface area contributed by atoms with E-state index in [0.29, 0.717) is 16.5 Å². The Morgan fingerprint density at radius 3 is 2.80 bits per heavy atom. The number of thiophene rings is 1. The molecule has 9 heteroatoms. The topological polar surface area (TPSA) is 96.9 Å². The van der Waals surface area contributed by atoms with E-state index in [4.69, 9.17) is 4.74 Å². The highest BCUT2D eigenvalue weighted by Crippen LogP contribution is 2.40. The summed E-state index contributed by atoms with van der Waals surface area (Å²) in [6, 6.07) is 7.34. The molecule has 0 aliphatic heterocycles. The number of fused-ring (bicyclic) bond motifs is 1. The highest BCUT2D eigenvalue weighted by Gasteiger charge is 2.30. The molecule has 0 unspecified atom stereocenters. The molecule has 2 N–H and O–H groups in total. The predicted molar refractivity (Wildman–Crippen MR) is 120 cm³/mol. The Morgan fingerprint density at radius 1 is 1.30 bits per heavy atom. The maximum atomic E-state index is 12.5. The summed E-state index contributed by atoms with van der Waals surface area (Å²) in [4.78, 5) is 38.1. The number of nitrogens with one attached hydrogen (secondary N) is 2. The van der Waals surface area contributed by atoms with Crippen molar-refractivity contribution in [1.29, 1.82) is 0 Å². The third kappa shape index (κ3) is 5.14. The van der Waals surface area contributed by atoms with E-state index >= 15 is 0 Å². The molecule has 0 radical (unpaired) electrons. The standard InChI is InChI=1S/C21H22BrN3O4S/c1-3-29-21(28)17-14-9-8-12(2)10-16(14)30-20(17)24-18(26)19(27)25-23-11-13-6-4-5-7-15(13)22/h4-7,11-12H,3,8-10H2,1-2H3,(H,24,26)(H,25,27)/b23-11-/t12-/m1/s1. The Hall–Kier alpha value is -2.52. The van der Waals surface area contributed by atoms with Crippen LogP contribution in [0, 0.1) is 5.92 Å². The number of hydrogen-bond donors (Lipinski definition) is 2. The number of rotatable bonds is 5. The fraction of sp³-hybridized carbons (Fsp3) is 0.333. The predicted octanol–water partition coefficient (Wildman–Crippen LogP) is 3.90. The summed E-state index contributed by atoms with van der Waals surface area (Å²) in [7, 11) is 0. The van der Waals surface area contributed by atoms with Crippen LogP contribution >= 0.6 is 27.3 Å². The number of amides is 2. The van der Waals surface area contributed by atoms with Crippen molar-refractivity contribution in [2.45, 2.75) is 33.1 Å². The Kier molecular flexibility index (Phi) is 7.38.